The average Bonchev–Trinajstić information content (AvgIpc) is 2.66. The molecule has 1 saturated carbocycles. The number of carbonyl (C=O) groups is 2. The Labute approximate surface area is 146 Å². The first kappa shape index (κ1) is 16.9. The van der Waals surface area contributed by atoms with Crippen molar-refractivity contribution in [2.24, 2.45) is 5.10 Å². The van der Waals surface area contributed by atoms with Crippen LogP contribution < -0.4 is 10.2 Å². The van der Waals surface area contributed by atoms with E-state index >= 15 is 0 Å². The highest BCUT2D eigenvalue weighted by atomic mass is 16.5. The highest BCUT2D eigenvalue weighted by molar-refractivity contribution is 6.04. The lowest BCUT2D eigenvalue weighted by molar-refractivity contribution is -0.123. The normalized spacial score (nSPS) is 15.8. The molecule has 0 heterocycles. The van der Waals surface area contributed by atoms with E-state index in [1.54, 1.807) is 0 Å². The second-order valence-corrected chi connectivity index (χ2v) is 5.93. The summed E-state index contributed by atoms with van der Waals surface area (Å²) in [6, 6.07) is 17.5. The first-order chi connectivity index (χ1) is 12.2. The first-order valence-corrected chi connectivity index (χ1v) is 8.35. The van der Waals surface area contributed by atoms with E-state index in [0.717, 1.165) is 29.7 Å². The van der Waals surface area contributed by atoms with Crippen LogP contribution in [0.15, 0.2) is 59.7 Å². The van der Waals surface area contributed by atoms with Crippen LogP contribution in [0.2, 0.25) is 0 Å². The Balaban J connectivity index is 1.59. The molecule has 2 aromatic rings. The van der Waals surface area contributed by atoms with Crippen LogP contribution in [-0.2, 0) is 9.59 Å². The number of ether oxygens (including phenoxy) is 1. The summed E-state index contributed by atoms with van der Waals surface area (Å²) in [6.07, 6.45) is 2.49. The summed E-state index contributed by atoms with van der Waals surface area (Å²) >= 11 is 0. The zero-order chi connectivity index (χ0) is 17.5. The number of nitrogens with zero attached hydrogens (tertiary/aromatic N) is 1. The number of hydrazone groups is 1. The van der Waals surface area contributed by atoms with Gasteiger partial charge in [-0.05, 0) is 24.5 Å². The minimum atomic E-state index is -0.339. The number of rotatable bonds is 5. The Hall–Kier alpha value is -2.95. The largest absolute Gasteiger partial charge is 0.483 e. The molecule has 1 aliphatic rings. The molecule has 3 rings (SSSR count). The molecule has 0 unspecified atom stereocenters. The number of para-hydroxylation sites is 1. The molecule has 2 aromatic carbocycles. The zero-order valence-corrected chi connectivity index (χ0v) is 13.9. The standard InChI is InChI=1S/C20H20N2O3/c23-17-10-6-9-16(13-17)21-22-20(24)14-25-19-12-5-4-11-18(19)15-7-2-1-3-8-15/h1-5,7-8,11-12H,6,9-10,13-14H2,(H,22,24). The third kappa shape index (κ3) is 4.76. The number of nitrogens with one attached hydrogen (secondary N) is 1. The van der Waals surface area contributed by atoms with E-state index < -0.39 is 0 Å². The van der Waals surface area contributed by atoms with Gasteiger partial charge in [0.1, 0.15) is 11.5 Å². The third-order valence-corrected chi connectivity index (χ3v) is 3.99. The van der Waals surface area contributed by atoms with Crippen molar-refractivity contribution in [3.63, 3.8) is 0 Å². The molecule has 128 valence electrons. The highest BCUT2D eigenvalue weighted by Gasteiger charge is 2.15. The highest BCUT2D eigenvalue weighted by Crippen LogP contribution is 2.29. The maximum atomic E-state index is 12.0. The van der Waals surface area contributed by atoms with E-state index in [9.17, 15) is 9.59 Å². The Morgan fingerprint density at radius 1 is 1.04 bits per heavy atom. The van der Waals surface area contributed by atoms with E-state index in [1.165, 1.54) is 0 Å². The first-order valence-electron chi connectivity index (χ1n) is 8.35. The van der Waals surface area contributed by atoms with Crippen LogP contribution in [-0.4, -0.2) is 24.0 Å². The van der Waals surface area contributed by atoms with Gasteiger partial charge in [0.05, 0.1) is 0 Å². The molecule has 0 bridgehead atoms. The maximum absolute atomic E-state index is 12.0. The lowest BCUT2D eigenvalue weighted by Gasteiger charge is -2.12. The third-order valence-electron chi connectivity index (χ3n) is 3.99. The van der Waals surface area contributed by atoms with Crippen molar-refractivity contribution >= 4 is 17.4 Å². The van der Waals surface area contributed by atoms with Gasteiger partial charge in [0.15, 0.2) is 6.61 Å². The number of benzene rings is 2. The van der Waals surface area contributed by atoms with Crippen molar-refractivity contribution in [3.05, 3.63) is 54.6 Å². The Morgan fingerprint density at radius 3 is 2.60 bits per heavy atom. The van der Waals surface area contributed by atoms with Gasteiger partial charge in [-0.2, -0.15) is 5.10 Å². The van der Waals surface area contributed by atoms with Crippen molar-refractivity contribution in [1.82, 2.24) is 5.43 Å². The second-order valence-electron chi connectivity index (χ2n) is 5.93. The van der Waals surface area contributed by atoms with Crippen LogP contribution in [0.3, 0.4) is 0 Å². The Kier molecular flexibility index (Phi) is 5.57. The summed E-state index contributed by atoms with van der Waals surface area (Å²) < 4.78 is 5.67. The van der Waals surface area contributed by atoms with Gasteiger partial charge in [0.2, 0.25) is 0 Å². The number of hydrogen-bond donors (Lipinski definition) is 1. The zero-order valence-electron chi connectivity index (χ0n) is 13.9. The Bertz CT molecular complexity index is 785. The number of amides is 1. The van der Waals surface area contributed by atoms with Crippen LogP contribution in [0, 0.1) is 0 Å². The Morgan fingerprint density at radius 2 is 1.80 bits per heavy atom. The molecule has 0 aromatic heterocycles. The van der Waals surface area contributed by atoms with E-state index in [-0.39, 0.29) is 18.3 Å². The summed E-state index contributed by atoms with van der Waals surface area (Å²) in [5.74, 6) is 0.477. The summed E-state index contributed by atoms with van der Waals surface area (Å²) in [4.78, 5) is 23.3. The lowest BCUT2D eigenvalue weighted by atomic mass is 9.97. The van der Waals surface area contributed by atoms with Gasteiger partial charge in [0, 0.05) is 24.1 Å². The molecule has 1 aliphatic carbocycles. The van der Waals surface area contributed by atoms with Crippen LogP contribution in [0.5, 0.6) is 5.75 Å². The molecule has 1 fully saturated rings. The smallest absolute Gasteiger partial charge is 0.277 e. The molecule has 1 N–H and O–H groups in total. The van der Waals surface area contributed by atoms with Crippen LogP contribution in [0.25, 0.3) is 11.1 Å². The van der Waals surface area contributed by atoms with E-state index in [0.29, 0.717) is 18.6 Å². The summed E-state index contributed by atoms with van der Waals surface area (Å²) in [7, 11) is 0. The van der Waals surface area contributed by atoms with E-state index in [1.807, 2.05) is 54.6 Å². The SMILES string of the molecule is O=C1CCCC(=NNC(=O)COc2ccccc2-c2ccccc2)C1. The minimum absolute atomic E-state index is 0.130. The second kappa shape index (κ2) is 8.24. The molecule has 0 aliphatic heterocycles. The predicted octanol–water partition coefficient (Wildman–Crippen LogP) is 3.35. The fraction of sp³-hybridized carbons (Fsp3) is 0.250. The fourth-order valence-corrected chi connectivity index (χ4v) is 2.76. The quantitative estimate of drug-likeness (QED) is 0.852. The summed E-state index contributed by atoms with van der Waals surface area (Å²) in [6.45, 7) is -0.130. The summed E-state index contributed by atoms with van der Waals surface area (Å²) in [5, 5.41) is 4.04. The van der Waals surface area contributed by atoms with Crippen molar-refractivity contribution in [2.75, 3.05) is 6.61 Å². The van der Waals surface area contributed by atoms with Gasteiger partial charge >= 0.3 is 0 Å². The molecular weight excluding hydrogens is 316 g/mol. The molecular formula is C20H20N2O3. The molecule has 25 heavy (non-hydrogen) atoms. The van der Waals surface area contributed by atoms with Crippen molar-refractivity contribution < 1.29 is 14.3 Å². The van der Waals surface area contributed by atoms with Gasteiger partial charge in [-0.3, -0.25) is 9.59 Å². The van der Waals surface area contributed by atoms with Gasteiger partial charge in [-0.1, -0.05) is 48.5 Å². The topological polar surface area (TPSA) is 67.8 Å². The number of hydrogen-bond acceptors (Lipinski definition) is 4. The lowest BCUT2D eigenvalue weighted by Crippen LogP contribution is -2.27. The molecule has 0 spiro atoms. The number of ketones is 1. The fourth-order valence-electron chi connectivity index (χ4n) is 2.76. The van der Waals surface area contributed by atoms with Crippen molar-refractivity contribution in [2.45, 2.75) is 25.7 Å². The molecule has 5 nitrogen and oxygen atoms in total. The number of Topliss-reactive ketones (excluding diaryl/α,β-unsaturated/α-hetero) is 1. The molecule has 1 amide bonds. The van der Waals surface area contributed by atoms with Crippen molar-refractivity contribution in [3.8, 4) is 16.9 Å². The molecule has 0 radical (unpaired) electrons. The average molecular weight is 336 g/mol. The van der Waals surface area contributed by atoms with Gasteiger partial charge < -0.3 is 4.74 Å². The van der Waals surface area contributed by atoms with Gasteiger partial charge in [0.25, 0.3) is 5.91 Å². The monoisotopic (exact) mass is 336 g/mol. The van der Waals surface area contributed by atoms with Crippen LogP contribution >= 0.6 is 0 Å². The predicted molar refractivity (Wildman–Crippen MR) is 96.4 cm³/mol. The van der Waals surface area contributed by atoms with E-state index in [4.69, 9.17) is 4.74 Å². The van der Waals surface area contributed by atoms with Gasteiger partial charge in [-0.25, -0.2) is 5.43 Å². The minimum Gasteiger partial charge on any atom is -0.483 e. The molecule has 0 saturated heterocycles. The maximum Gasteiger partial charge on any atom is 0.277 e. The summed E-state index contributed by atoms with van der Waals surface area (Å²) in [5.41, 5.74) is 5.16. The van der Waals surface area contributed by atoms with Crippen LogP contribution in [0.4, 0.5) is 0 Å². The van der Waals surface area contributed by atoms with Crippen LogP contribution in [0.1, 0.15) is 25.7 Å². The number of carbonyl (C=O) groups excluding carboxylic acids is 2. The van der Waals surface area contributed by atoms with E-state index in [2.05, 4.69) is 10.5 Å². The van der Waals surface area contributed by atoms with Crippen molar-refractivity contribution in [1.29, 1.82) is 0 Å². The van der Waals surface area contributed by atoms with Gasteiger partial charge in [-0.15, -0.1) is 0 Å². The molecule has 0 atom stereocenters. The molecule has 5 heteroatoms.